The fourth-order valence-corrected chi connectivity index (χ4v) is 3.58. The molecule has 1 aromatic carbocycles. The summed E-state index contributed by atoms with van der Waals surface area (Å²) in [4.78, 5) is 16.7. The van der Waals surface area contributed by atoms with E-state index in [1.54, 1.807) is 6.07 Å². The third-order valence-corrected chi connectivity index (χ3v) is 4.65. The lowest BCUT2D eigenvalue weighted by atomic mass is 10.2. The Morgan fingerprint density at radius 3 is 2.83 bits per heavy atom. The zero-order chi connectivity index (χ0) is 16.7. The number of hydrogen-bond donors (Lipinski definition) is 1. The van der Waals surface area contributed by atoms with Crippen LogP contribution < -0.4 is 5.32 Å². The average Bonchev–Trinajstić information content (AvgIpc) is 3.24. The van der Waals surface area contributed by atoms with E-state index in [-0.39, 0.29) is 11.7 Å². The largest absolute Gasteiger partial charge is 0.454 e. The van der Waals surface area contributed by atoms with Crippen LogP contribution in [0, 0.1) is 6.92 Å². The molecule has 1 N–H and O–H groups in total. The molecular weight excluding hydrogens is 392 g/mol. The fourth-order valence-electron chi connectivity index (χ4n) is 2.37. The van der Waals surface area contributed by atoms with Gasteiger partial charge < -0.3 is 8.83 Å². The molecule has 0 aliphatic heterocycles. The van der Waals surface area contributed by atoms with Crippen molar-refractivity contribution in [3.8, 4) is 11.5 Å². The predicted molar refractivity (Wildman–Crippen MR) is 96.4 cm³/mol. The van der Waals surface area contributed by atoms with E-state index in [0.29, 0.717) is 21.3 Å². The summed E-state index contributed by atoms with van der Waals surface area (Å²) < 4.78 is 11.6. The second-order valence-electron chi connectivity index (χ2n) is 5.20. The van der Waals surface area contributed by atoms with Crippen LogP contribution in [-0.2, 0) is 0 Å². The van der Waals surface area contributed by atoms with Crippen LogP contribution in [0.2, 0.25) is 0 Å². The molecule has 0 spiro atoms. The maximum Gasteiger partial charge on any atom is 0.293 e. The molecule has 5 nitrogen and oxygen atoms in total. The lowest BCUT2D eigenvalue weighted by Crippen LogP contribution is -2.11. The Morgan fingerprint density at radius 2 is 2.08 bits per heavy atom. The summed E-state index contributed by atoms with van der Waals surface area (Å²) in [6, 6.07) is 11.4. The number of anilines is 1. The van der Waals surface area contributed by atoms with Crippen molar-refractivity contribution in [1.82, 2.24) is 4.98 Å². The van der Waals surface area contributed by atoms with Crippen molar-refractivity contribution >= 4 is 49.3 Å². The van der Waals surface area contributed by atoms with Crippen molar-refractivity contribution < 1.29 is 13.6 Å². The Kier molecular flexibility index (Phi) is 3.74. The Morgan fingerprint density at radius 1 is 1.25 bits per heavy atom. The number of rotatable bonds is 3. The molecule has 24 heavy (non-hydrogen) atoms. The number of aromatic nitrogens is 1. The maximum absolute atomic E-state index is 12.3. The van der Waals surface area contributed by atoms with Crippen LogP contribution in [0.5, 0.6) is 0 Å². The Labute approximate surface area is 149 Å². The van der Waals surface area contributed by atoms with Crippen LogP contribution >= 0.6 is 27.3 Å². The summed E-state index contributed by atoms with van der Waals surface area (Å²) >= 11 is 4.55. The van der Waals surface area contributed by atoms with E-state index < -0.39 is 0 Å². The number of aryl methyl sites for hydroxylation is 1. The van der Waals surface area contributed by atoms with Gasteiger partial charge in [-0.25, -0.2) is 4.98 Å². The first-order valence-electron chi connectivity index (χ1n) is 7.12. The number of fused-ring (bicyclic) bond motifs is 1. The lowest BCUT2D eigenvalue weighted by Gasteiger charge is -1.98. The number of amides is 1. The van der Waals surface area contributed by atoms with Crippen LogP contribution in [0.25, 0.3) is 22.4 Å². The number of furan rings is 2. The molecule has 120 valence electrons. The highest BCUT2D eigenvalue weighted by molar-refractivity contribution is 9.10. The molecule has 0 saturated carbocycles. The minimum absolute atomic E-state index is 0.266. The smallest absolute Gasteiger partial charge is 0.293 e. The van der Waals surface area contributed by atoms with Crippen LogP contribution in [0.3, 0.4) is 0 Å². The molecule has 0 aliphatic carbocycles. The summed E-state index contributed by atoms with van der Waals surface area (Å²) in [7, 11) is 0. The molecule has 4 rings (SSSR count). The summed E-state index contributed by atoms with van der Waals surface area (Å²) in [5, 5.41) is 6.10. The molecule has 0 atom stereocenters. The van der Waals surface area contributed by atoms with Gasteiger partial charge in [0.15, 0.2) is 21.3 Å². The number of nitrogens with one attached hydrogen (secondary N) is 1. The predicted octanol–water partition coefficient (Wildman–Crippen LogP) is 5.47. The van der Waals surface area contributed by atoms with Gasteiger partial charge in [0.1, 0.15) is 11.3 Å². The third kappa shape index (κ3) is 2.76. The number of benzene rings is 1. The summed E-state index contributed by atoms with van der Waals surface area (Å²) in [6.07, 6.45) is 0. The molecule has 3 aromatic heterocycles. The van der Waals surface area contributed by atoms with Crippen LogP contribution in [-0.4, -0.2) is 10.9 Å². The van der Waals surface area contributed by atoms with Crippen molar-refractivity contribution in [3.63, 3.8) is 0 Å². The highest BCUT2D eigenvalue weighted by atomic mass is 79.9. The standard InChI is InChI=1S/C17H11BrN2O3S/c1-9-6-14(18)23-15(9)16(21)20-17-19-11(8-24-17)13-7-10-4-2-3-5-12(10)22-13/h2-8H,1H3,(H,19,20,21). The van der Waals surface area contributed by atoms with Crippen molar-refractivity contribution in [2.75, 3.05) is 5.32 Å². The van der Waals surface area contributed by atoms with Gasteiger partial charge in [-0.3, -0.25) is 10.1 Å². The third-order valence-electron chi connectivity index (χ3n) is 3.50. The van der Waals surface area contributed by atoms with Gasteiger partial charge >= 0.3 is 0 Å². The number of para-hydroxylation sites is 1. The molecule has 0 radical (unpaired) electrons. The highest BCUT2D eigenvalue weighted by Gasteiger charge is 2.17. The van der Waals surface area contributed by atoms with E-state index >= 15 is 0 Å². The van der Waals surface area contributed by atoms with E-state index in [1.165, 1.54) is 11.3 Å². The summed E-state index contributed by atoms with van der Waals surface area (Å²) in [5.74, 6) is 0.607. The first-order chi connectivity index (χ1) is 11.6. The van der Waals surface area contributed by atoms with Gasteiger partial charge in [-0.2, -0.15) is 0 Å². The van der Waals surface area contributed by atoms with E-state index in [1.807, 2.05) is 42.6 Å². The van der Waals surface area contributed by atoms with Crippen molar-refractivity contribution in [3.05, 3.63) is 57.8 Å². The average molecular weight is 403 g/mol. The SMILES string of the molecule is Cc1cc(Br)oc1C(=O)Nc1nc(-c2cc3ccccc3o2)cs1. The van der Waals surface area contributed by atoms with E-state index in [4.69, 9.17) is 8.83 Å². The second kappa shape index (κ2) is 5.92. The Bertz CT molecular complexity index is 1010. The van der Waals surface area contributed by atoms with Crippen LogP contribution in [0.15, 0.2) is 55.3 Å². The zero-order valence-corrected chi connectivity index (χ0v) is 14.9. The molecule has 4 aromatic rings. The normalized spacial score (nSPS) is 11.1. The Balaban J connectivity index is 1.58. The van der Waals surface area contributed by atoms with E-state index in [2.05, 4.69) is 26.2 Å². The quantitative estimate of drug-likeness (QED) is 0.492. The molecule has 0 aliphatic rings. The van der Waals surface area contributed by atoms with Crippen molar-refractivity contribution in [2.45, 2.75) is 6.92 Å². The number of carbonyl (C=O) groups excluding carboxylic acids is 1. The molecular formula is C17H11BrN2O3S. The van der Waals surface area contributed by atoms with Gasteiger partial charge in [-0.05, 0) is 41.1 Å². The molecule has 1 amide bonds. The number of thiazole rings is 1. The number of nitrogens with zero attached hydrogens (tertiary/aromatic N) is 1. The minimum Gasteiger partial charge on any atom is -0.454 e. The van der Waals surface area contributed by atoms with E-state index in [9.17, 15) is 4.79 Å². The summed E-state index contributed by atoms with van der Waals surface area (Å²) in [6.45, 7) is 1.81. The lowest BCUT2D eigenvalue weighted by molar-refractivity contribution is 0.0994. The topological polar surface area (TPSA) is 68.3 Å². The number of carbonyl (C=O) groups is 1. The van der Waals surface area contributed by atoms with E-state index in [0.717, 1.165) is 16.5 Å². The van der Waals surface area contributed by atoms with Crippen molar-refractivity contribution in [2.24, 2.45) is 0 Å². The molecule has 7 heteroatoms. The minimum atomic E-state index is -0.330. The maximum atomic E-state index is 12.3. The monoisotopic (exact) mass is 402 g/mol. The van der Waals surface area contributed by atoms with Gasteiger partial charge in [0.25, 0.3) is 5.91 Å². The van der Waals surface area contributed by atoms with Gasteiger partial charge in [-0.1, -0.05) is 18.2 Å². The van der Waals surface area contributed by atoms with Gasteiger partial charge in [0, 0.05) is 16.3 Å². The highest BCUT2D eigenvalue weighted by Crippen LogP contribution is 2.30. The van der Waals surface area contributed by atoms with Crippen LogP contribution in [0.4, 0.5) is 5.13 Å². The molecule has 3 heterocycles. The molecule has 0 fully saturated rings. The Hall–Kier alpha value is -2.38. The van der Waals surface area contributed by atoms with Crippen LogP contribution in [0.1, 0.15) is 16.1 Å². The van der Waals surface area contributed by atoms with Gasteiger partial charge in [0.2, 0.25) is 0 Å². The molecule has 0 unspecified atom stereocenters. The second-order valence-corrected chi connectivity index (χ2v) is 6.84. The first kappa shape index (κ1) is 15.2. The number of halogens is 1. The first-order valence-corrected chi connectivity index (χ1v) is 8.79. The molecule has 0 saturated heterocycles. The number of hydrogen-bond acceptors (Lipinski definition) is 5. The fraction of sp³-hybridized carbons (Fsp3) is 0.0588. The van der Waals surface area contributed by atoms with Gasteiger partial charge in [-0.15, -0.1) is 11.3 Å². The summed E-state index contributed by atoms with van der Waals surface area (Å²) in [5.41, 5.74) is 2.25. The van der Waals surface area contributed by atoms with Gasteiger partial charge in [0.05, 0.1) is 0 Å². The molecule has 0 bridgehead atoms. The van der Waals surface area contributed by atoms with Crippen molar-refractivity contribution in [1.29, 1.82) is 0 Å². The zero-order valence-electron chi connectivity index (χ0n) is 12.5.